The number of aliphatic hydroxyl groups is 1. The maximum atomic E-state index is 10.3. The molecule has 0 spiro atoms. The van der Waals surface area contributed by atoms with E-state index in [0.29, 0.717) is 17.7 Å². The number of aromatic nitrogens is 1. The first-order chi connectivity index (χ1) is 11.1. The average molecular weight is 337 g/mol. The van der Waals surface area contributed by atoms with E-state index in [9.17, 15) is 5.11 Å². The molecule has 0 bridgehead atoms. The minimum absolute atomic E-state index is 0.363. The van der Waals surface area contributed by atoms with Crippen LogP contribution in [0.4, 0.5) is 0 Å². The number of nitrogens with one attached hydrogen (secondary N) is 1. The average Bonchev–Trinajstić information content (AvgIpc) is 2.59. The Morgan fingerprint density at radius 3 is 2.87 bits per heavy atom. The van der Waals surface area contributed by atoms with Gasteiger partial charge in [0, 0.05) is 43.0 Å². The van der Waals surface area contributed by atoms with Crippen molar-refractivity contribution >= 4 is 17.7 Å². The van der Waals surface area contributed by atoms with E-state index in [1.807, 2.05) is 12.1 Å². The molecule has 128 valence electrons. The van der Waals surface area contributed by atoms with Crippen LogP contribution in [0.25, 0.3) is 0 Å². The molecule has 1 fully saturated rings. The molecule has 2 unspecified atom stereocenters. The summed E-state index contributed by atoms with van der Waals surface area (Å²) in [5.41, 5.74) is 0.855. The van der Waals surface area contributed by atoms with Crippen molar-refractivity contribution in [2.75, 3.05) is 31.9 Å². The maximum absolute atomic E-state index is 10.3. The van der Waals surface area contributed by atoms with E-state index in [2.05, 4.69) is 52.7 Å². The van der Waals surface area contributed by atoms with Gasteiger partial charge in [-0.2, -0.15) is 11.8 Å². The number of pyridine rings is 1. The summed E-state index contributed by atoms with van der Waals surface area (Å²) < 4.78 is 0. The van der Waals surface area contributed by atoms with Crippen molar-refractivity contribution in [1.82, 2.24) is 15.2 Å². The summed E-state index contributed by atoms with van der Waals surface area (Å²) in [7, 11) is 0. The zero-order chi connectivity index (χ0) is 16.7. The fraction of sp³-hybridized carbons (Fsp3) is 0.647. The van der Waals surface area contributed by atoms with E-state index in [0.717, 1.165) is 36.9 Å². The molecule has 1 aromatic rings. The molecule has 1 aliphatic heterocycles. The Morgan fingerprint density at radius 1 is 1.48 bits per heavy atom. The first-order valence-corrected chi connectivity index (χ1v) is 9.39. The van der Waals surface area contributed by atoms with Crippen LogP contribution in [-0.4, -0.2) is 58.1 Å². The third-order valence-electron chi connectivity index (χ3n) is 3.98. The molecule has 0 radical (unpaired) electrons. The van der Waals surface area contributed by atoms with Crippen molar-refractivity contribution < 1.29 is 5.11 Å². The summed E-state index contributed by atoms with van der Waals surface area (Å²) in [6.07, 6.45) is 2.80. The predicted molar refractivity (Wildman–Crippen MR) is 97.8 cm³/mol. The molecular formula is C17H28N4OS. The number of rotatable bonds is 5. The summed E-state index contributed by atoms with van der Waals surface area (Å²) in [5.74, 6) is 2.69. The number of hydrogen-bond acceptors (Lipinski definition) is 4. The molecular weight excluding hydrogens is 308 g/mol. The van der Waals surface area contributed by atoms with Crippen LogP contribution in [0.5, 0.6) is 0 Å². The Hall–Kier alpha value is -1.27. The Morgan fingerprint density at radius 2 is 2.22 bits per heavy atom. The maximum Gasteiger partial charge on any atom is 0.194 e. The molecule has 2 N–H and O–H groups in total. The molecule has 2 heterocycles. The molecule has 5 nitrogen and oxygen atoms in total. The van der Waals surface area contributed by atoms with Gasteiger partial charge in [0.15, 0.2) is 5.96 Å². The molecule has 0 amide bonds. The quantitative estimate of drug-likeness (QED) is 0.637. The van der Waals surface area contributed by atoms with Gasteiger partial charge in [-0.3, -0.25) is 9.98 Å². The van der Waals surface area contributed by atoms with Gasteiger partial charge in [0.2, 0.25) is 0 Å². The number of nitrogens with zero attached hydrogens (tertiary/aromatic N) is 3. The number of aliphatic hydroxyl groups excluding tert-OH is 1. The highest BCUT2D eigenvalue weighted by molar-refractivity contribution is 8.00. The summed E-state index contributed by atoms with van der Waals surface area (Å²) in [6.45, 7) is 9.84. The zero-order valence-electron chi connectivity index (χ0n) is 14.3. The molecule has 1 aliphatic rings. The predicted octanol–water partition coefficient (Wildman–Crippen LogP) is 2.15. The van der Waals surface area contributed by atoms with Crippen LogP contribution < -0.4 is 5.32 Å². The van der Waals surface area contributed by atoms with Gasteiger partial charge in [-0.1, -0.05) is 13.8 Å². The second-order valence-electron chi connectivity index (χ2n) is 6.09. The van der Waals surface area contributed by atoms with Crippen molar-refractivity contribution in [3.63, 3.8) is 0 Å². The summed E-state index contributed by atoms with van der Waals surface area (Å²) in [4.78, 5) is 11.0. The van der Waals surface area contributed by atoms with Crippen LogP contribution in [0.1, 0.15) is 32.4 Å². The van der Waals surface area contributed by atoms with Crippen LogP contribution >= 0.6 is 11.8 Å². The molecule has 1 aromatic heterocycles. The third-order valence-corrected chi connectivity index (χ3v) is 5.52. The fourth-order valence-corrected chi connectivity index (χ4v) is 3.86. The highest BCUT2D eigenvalue weighted by Gasteiger charge is 2.25. The van der Waals surface area contributed by atoms with Crippen LogP contribution in [-0.2, 0) is 0 Å². The standard InChI is InChI=1S/C17H28N4OS/c1-4-19-17(21-9-10-23-16(12-21)13(2)3)20-11-15(22)14-5-7-18-8-6-14/h5-8,13,15-16,22H,4,9-12H2,1-3H3,(H,19,20). The summed E-state index contributed by atoms with van der Waals surface area (Å²) >= 11 is 2.05. The Balaban J connectivity index is 2.02. The molecule has 0 saturated carbocycles. The molecule has 2 rings (SSSR count). The van der Waals surface area contributed by atoms with E-state index in [4.69, 9.17) is 0 Å². The van der Waals surface area contributed by atoms with E-state index in [-0.39, 0.29) is 0 Å². The highest BCUT2D eigenvalue weighted by Crippen LogP contribution is 2.25. The molecule has 1 saturated heterocycles. The first kappa shape index (κ1) is 18.1. The van der Waals surface area contributed by atoms with Gasteiger partial charge < -0.3 is 15.3 Å². The Labute approximate surface area is 143 Å². The van der Waals surface area contributed by atoms with Gasteiger partial charge in [0.05, 0.1) is 12.6 Å². The lowest BCUT2D eigenvalue weighted by molar-refractivity contribution is 0.186. The topological polar surface area (TPSA) is 60.8 Å². The van der Waals surface area contributed by atoms with Gasteiger partial charge in [-0.05, 0) is 30.5 Å². The molecule has 0 aliphatic carbocycles. The van der Waals surface area contributed by atoms with Gasteiger partial charge >= 0.3 is 0 Å². The number of aliphatic imine (C=N–C) groups is 1. The Bertz CT molecular complexity index is 495. The minimum Gasteiger partial charge on any atom is -0.386 e. The van der Waals surface area contributed by atoms with Crippen LogP contribution in [0.15, 0.2) is 29.5 Å². The van der Waals surface area contributed by atoms with Gasteiger partial charge in [-0.25, -0.2) is 0 Å². The van der Waals surface area contributed by atoms with E-state index in [1.165, 1.54) is 0 Å². The first-order valence-electron chi connectivity index (χ1n) is 8.34. The van der Waals surface area contributed by atoms with Crippen molar-refractivity contribution in [3.8, 4) is 0 Å². The second-order valence-corrected chi connectivity index (χ2v) is 7.44. The molecule has 0 aromatic carbocycles. The SMILES string of the molecule is CCNC(=NCC(O)c1ccncc1)N1CCSC(C(C)C)C1. The van der Waals surface area contributed by atoms with Crippen molar-refractivity contribution in [1.29, 1.82) is 0 Å². The van der Waals surface area contributed by atoms with E-state index >= 15 is 0 Å². The monoisotopic (exact) mass is 336 g/mol. The normalized spacial score (nSPS) is 20.7. The number of guanidine groups is 1. The minimum atomic E-state index is -0.591. The van der Waals surface area contributed by atoms with E-state index < -0.39 is 6.10 Å². The molecule has 6 heteroatoms. The Kier molecular flexibility index (Phi) is 7.17. The van der Waals surface area contributed by atoms with Crippen LogP contribution in [0.2, 0.25) is 0 Å². The lowest BCUT2D eigenvalue weighted by Crippen LogP contribution is -2.49. The lowest BCUT2D eigenvalue weighted by Gasteiger charge is -2.36. The number of hydrogen-bond donors (Lipinski definition) is 2. The second kappa shape index (κ2) is 9.13. The highest BCUT2D eigenvalue weighted by atomic mass is 32.2. The van der Waals surface area contributed by atoms with E-state index in [1.54, 1.807) is 12.4 Å². The van der Waals surface area contributed by atoms with Gasteiger partial charge in [0.25, 0.3) is 0 Å². The fourth-order valence-electron chi connectivity index (χ4n) is 2.56. The molecule has 23 heavy (non-hydrogen) atoms. The van der Waals surface area contributed by atoms with Crippen molar-refractivity contribution in [2.24, 2.45) is 10.9 Å². The van der Waals surface area contributed by atoms with Gasteiger partial charge in [-0.15, -0.1) is 0 Å². The molecule has 2 atom stereocenters. The van der Waals surface area contributed by atoms with Crippen molar-refractivity contribution in [3.05, 3.63) is 30.1 Å². The number of thioether (sulfide) groups is 1. The van der Waals surface area contributed by atoms with Crippen LogP contribution in [0, 0.1) is 5.92 Å². The summed E-state index contributed by atoms with van der Waals surface area (Å²) in [6, 6.07) is 3.67. The van der Waals surface area contributed by atoms with Crippen LogP contribution in [0.3, 0.4) is 0 Å². The largest absolute Gasteiger partial charge is 0.386 e. The third kappa shape index (κ3) is 5.39. The van der Waals surface area contributed by atoms with Gasteiger partial charge in [0.1, 0.15) is 0 Å². The zero-order valence-corrected chi connectivity index (χ0v) is 15.1. The lowest BCUT2D eigenvalue weighted by atomic mass is 10.1. The summed E-state index contributed by atoms with van der Waals surface area (Å²) in [5, 5.41) is 14.3. The van der Waals surface area contributed by atoms with Crippen molar-refractivity contribution in [2.45, 2.75) is 32.1 Å². The smallest absolute Gasteiger partial charge is 0.194 e.